The van der Waals surface area contributed by atoms with Crippen LogP contribution in [0.15, 0.2) is 48.5 Å². The smallest absolute Gasteiger partial charge is 0.410 e. The summed E-state index contributed by atoms with van der Waals surface area (Å²) in [5.74, 6) is 1.52. The Kier molecular flexibility index (Phi) is 4.81. The summed E-state index contributed by atoms with van der Waals surface area (Å²) in [6.07, 6.45) is 1.70. The van der Waals surface area contributed by atoms with E-state index in [2.05, 4.69) is 61.2 Å². The predicted molar refractivity (Wildman–Crippen MR) is 112 cm³/mol. The number of rotatable bonds is 3. The van der Waals surface area contributed by atoms with Crippen LogP contribution in [0.5, 0.6) is 0 Å². The Labute approximate surface area is 171 Å². The molecule has 2 saturated heterocycles. The van der Waals surface area contributed by atoms with Crippen molar-refractivity contribution < 1.29 is 14.3 Å². The zero-order valence-electron chi connectivity index (χ0n) is 15.8. The molecule has 0 N–H and O–H groups in total. The third kappa shape index (κ3) is 3.01. The molecular formula is C23H25NO3S. The van der Waals surface area contributed by atoms with Crippen LogP contribution in [0, 0.1) is 5.92 Å². The van der Waals surface area contributed by atoms with Crippen molar-refractivity contribution in [3.8, 4) is 11.1 Å². The molecule has 3 aliphatic rings. The van der Waals surface area contributed by atoms with Gasteiger partial charge in [-0.25, -0.2) is 4.79 Å². The Bertz CT molecular complexity index is 826. The molecule has 2 aromatic carbocycles. The Morgan fingerprint density at radius 2 is 1.57 bits per heavy atom. The van der Waals surface area contributed by atoms with E-state index in [-0.39, 0.29) is 24.1 Å². The average Bonchev–Trinajstić information content (AvgIpc) is 3.05. The quantitative estimate of drug-likeness (QED) is 0.786. The molecule has 2 heterocycles. The number of nitrogens with zero attached hydrogens (tertiary/aromatic N) is 1. The molecule has 28 heavy (non-hydrogen) atoms. The highest BCUT2D eigenvalue weighted by Gasteiger charge is 2.42. The van der Waals surface area contributed by atoms with Crippen LogP contribution in [-0.4, -0.2) is 48.7 Å². The lowest BCUT2D eigenvalue weighted by molar-refractivity contribution is -0.0761. The lowest BCUT2D eigenvalue weighted by Crippen LogP contribution is -2.59. The van der Waals surface area contributed by atoms with Crippen molar-refractivity contribution in [1.82, 2.24) is 4.90 Å². The molecule has 146 valence electrons. The second-order valence-corrected chi connectivity index (χ2v) is 8.44. The Morgan fingerprint density at radius 1 is 1.00 bits per heavy atom. The molecular weight excluding hydrogens is 370 g/mol. The van der Waals surface area contributed by atoms with Crippen molar-refractivity contribution in [3.63, 3.8) is 0 Å². The number of thiol groups is 1. The van der Waals surface area contributed by atoms with Gasteiger partial charge < -0.3 is 9.47 Å². The summed E-state index contributed by atoms with van der Waals surface area (Å²) < 4.78 is 11.6. The molecule has 2 aliphatic heterocycles. The molecule has 0 saturated carbocycles. The van der Waals surface area contributed by atoms with Crippen molar-refractivity contribution in [3.05, 3.63) is 59.7 Å². The average molecular weight is 396 g/mol. The van der Waals surface area contributed by atoms with Crippen LogP contribution in [0.25, 0.3) is 11.1 Å². The fourth-order valence-electron chi connectivity index (χ4n) is 5.14. The summed E-state index contributed by atoms with van der Waals surface area (Å²) in [5.41, 5.74) is 4.99. The molecule has 2 bridgehead atoms. The van der Waals surface area contributed by atoms with Gasteiger partial charge in [-0.15, -0.1) is 0 Å². The monoisotopic (exact) mass is 395 g/mol. The minimum atomic E-state index is -0.197. The summed E-state index contributed by atoms with van der Waals surface area (Å²) in [6.45, 7) is 1.58. The molecule has 5 rings (SSSR count). The molecule has 0 radical (unpaired) electrons. The van der Waals surface area contributed by atoms with E-state index in [9.17, 15) is 4.79 Å². The Morgan fingerprint density at radius 3 is 2.14 bits per heavy atom. The van der Waals surface area contributed by atoms with Crippen LogP contribution in [0.4, 0.5) is 4.79 Å². The summed E-state index contributed by atoms with van der Waals surface area (Å²) >= 11 is 4.47. The molecule has 1 aliphatic carbocycles. The Balaban J connectivity index is 1.33. The van der Waals surface area contributed by atoms with Crippen molar-refractivity contribution in [2.24, 2.45) is 5.92 Å². The fraction of sp³-hybridized carbons (Fsp3) is 0.435. The number of hydrogen-bond donors (Lipinski definition) is 1. The number of benzene rings is 2. The second kappa shape index (κ2) is 7.45. The first-order valence-electron chi connectivity index (χ1n) is 10.1. The van der Waals surface area contributed by atoms with E-state index in [4.69, 9.17) is 9.47 Å². The van der Waals surface area contributed by atoms with E-state index >= 15 is 0 Å². The lowest BCUT2D eigenvalue weighted by atomic mass is 9.86. The fourth-order valence-corrected chi connectivity index (χ4v) is 5.44. The first kappa shape index (κ1) is 18.1. The van der Waals surface area contributed by atoms with E-state index in [1.807, 2.05) is 4.90 Å². The minimum Gasteiger partial charge on any atom is -0.448 e. The summed E-state index contributed by atoms with van der Waals surface area (Å²) in [4.78, 5) is 15.0. The molecule has 0 spiro atoms. The predicted octanol–water partition coefficient (Wildman–Crippen LogP) is 4.34. The minimum absolute atomic E-state index is 0.0995. The topological polar surface area (TPSA) is 38.8 Å². The van der Waals surface area contributed by atoms with E-state index < -0.39 is 0 Å². The molecule has 4 nitrogen and oxygen atoms in total. The molecule has 0 aromatic heterocycles. The summed E-state index contributed by atoms with van der Waals surface area (Å²) in [6, 6.07) is 17.1. The van der Waals surface area contributed by atoms with Crippen molar-refractivity contribution >= 4 is 18.7 Å². The number of piperidine rings is 1. The zero-order valence-corrected chi connectivity index (χ0v) is 16.7. The first-order valence-corrected chi connectivity index (χ1v) is 10.7. The highest BCUT2D eigenvalue weighted by atomic mass is 32.1. The highest BCUT2D eigenvalue weighted by molar-refractivity contribution is 7.80. The third-order valence-corrected chi connectivity index (χ3v) is 6.94. The first-order chi connectivity index (χ1) is 13.8. The number of carbonyl (C=O) groups is 1. The largest absolute Gasteiger partial charge is 0.448 e. The molecule has 2 atom stereocenters. The summed E-state index contributed by atoms with van der Waals surface area (Å²) in [5, 5.41) is 0. The van der Waals surface area contributed by atoms with Crippen LogP contribution in [0.2, 0.25) is 0 Å². The molecule has 5 heteroatoms. The van der Waals surface area contributed by atoms with E-state index in [0.717, 1.165) is 18.6 Å². The van der Waals surface area contributed by atoms with Gasteiger partial charge in [0.1, 0.15) is 6.61 Å². The van der Waals surface area contributed by atoms with E-state index in [0.29, 0.717) is 25.7 Å². The van der Waals surface area contributed by atoms with Gasteiger partial charge >= 0.3 is 6.09 Å². The van der Waals surface area contributed by atoms with Gasteiger partial charge in [-0.2, -0.15) is 12.6 Å². The van der Waals surface area contributed by atoms with Crippen molar-refractivity contribution in [2.75, 3.05) is 25.6 Å². The van der Waals surface area contributed by atoms with Gasteiger partial charge in [-0.3, -0.25) is 4.90 Å². The van der Waals surface area contributed by atoms with Crippen molar-refractivity contribution in [1.29, 1.82) is 0 Å². The van der Waals surface area contributed by atoms with Crippen molar-refractivity contribution in [2.45, 2.75) is 30.8 Å². The van der Waals surface area contributed by atoms with Crippen LogP contribution < -0.4 is 0 Å². The number of carbonyl (C=O) groups excluding carboxylic acids is 1. The maximum atomic E-state index is 13.0. The molecule has 2 fully saturated rings. The molecule has 2 unspecified atom stereocenters. The maximum absolute atomic E-state index is 13.0. The van der Waals surface area contributed by atoms with Crippen LogP contribution in [-0.2, 0) is 9.47 Å². The zero-order chi connectivity index (χ0) is 19.1. The van der Waals surface area contributed by atoms with Gasteiger partial charge in [0.05, 0.1) is 25.3 Å². The van der Waals surface area contributed by atoms with Gasteiger partial charge in [0.15, 0.2) is 0 Å². The normalized spacial score (nSPS) is 25.9. The number of ether oxygens (including phenoxy) is 2. The second-order valence-electron chi connectivity index (χ2n) is 8.08. The van der Waals surface area contributed by atoms with Gasteiger partial charge in [0.25, 0.3) is 0 Å². The van der Waals surface area contributed by atoms with Gasteiger partial charge in [-0.05, 0) is 46.8 Å². The van der Waals surface area contributed by atoms with Crippen LogP contribution in [0.3, 0.4) is 0 Å². The standard InChI is InChI=1S/C23H25NO3S/c25-23(24-16-9-15(14-28)10-17(24)12-26-11-16)27-13-22-20-7-3-1-5-18(20)19-6-2-4-8-21(19)22/h1-8,15-17,22,28H,9-14H2. The number of morpholine rings is 1. The SMILES string of the molecule is O=C(OCC1c2ccccc2-c2ccccc21)N1C2COCC1CC(CS)C2. The summed E-state index contributed by atoms with van der Waals surface area (Å²) in [7, 11) is 0. The van der Waals surface area contributed by atoms with Crippen LogP contribution >= 0.6 is 12.6 Å². The number of hydrogen-bond acceptors (Lipinski definition) is 4. The number of amides is 1. The number of fused-ring (bicyclic) bond motifs is 5. The Hall–Kier alpha value is -1.98. The van der Waals surface area contributed by atoms with Gasteiger partial charge in [0, 0.05) is 5.92 Å². The molecule has 1 amide bonds. The maximum Gasteiger partial charge on any atom is 0.410 e. The van der Waals surface area contributed by atoms with Gasteiger partial charge in [0.2, 0.25) is 0 Å². The molecule has 2 aromatic rings. The van der Waals surface area contributed by atoms with E-state index in [1.165, 1.54) is 22.3 Å². The van der Waals surface area contributed by atoms with Crippen LogP contribution in [0.1, 0.15) is 29.9 Å². The van der Waals surface area contributed by atoms with E-state index in [1.54, 1.807) is 0 Å². The highest BCUT2D eigenvalue weighted by Crippen LogP contribution is 2.44. The lowest BCUT2D eigenvalue weighted by Gasteiger charge is -2.47. The third-order valence-electron chi connectivity index (χ3n) is 6.42. The van der Waals surface area contributed by atoms with Gasteiger partial charge in [-0.1, -0.05) is 48.5 Å².